The molecule has 3 aromatic rings. The van der Waals surface area contributed by atoms with E-state index in [9.17, 15) is 8.78 Å². The van der Waals surface area contributed by atoms with Gasteiger partial charge < -0.3 is 14.2 Å². The van der Waals surface area contributed by atoms with Crippen LogP contribution in [0.3, 0.4) is 0 Å². The molecule has 1 fully saturated rings. The Morgan fingerprint density at radius 1 is 0.909 bits per heavy atom. The van der Waals surface area contributed by atoms with Gasteiger partial charge in [0.1, 0.15) is 12.4 Å². The number of halogens is 2. The van der Waals surface area contributed by atoms with Crippen LogP contribution in [0.5, 0.6) is 11.5 Å². The molecule has 1 saturated heterocycles. The van der Waals surface area contributed by atoms with Crippen molar-refractivity contribution in [2.45, 2.75) is 45.3 Å². The van der Waals surface area contributed by atoms with Crippen LogP contribution in [-0.2, 0) is 11.3 Å². The topological polar surface area (TPSA) is 27.7 Å². The van der Waals surface area contributed by atoms with Crippen molar-refractivity contribution in [1.29, 1.82) is 0 Å². The molecule has 1 aliphatic heterocycles. The zero-order valence-electron chi connectivity index (χ0n) is 18.9. The van der Waals surface area contributed by atoms with E-state index in [1.165, 1.54) is 37.0 Å². The Morgan fingerprint density at radius 2 is 1.67 bits per heavy atom. The molecule has 0 aromatic heterocycles. The van der Waals surface area contributed by atoms with Crippen molar-refractivity contribution in [2.24, 2.45) is 5.92 Å². The van der Waals surface area contributed by atoms with E-state index < -0.39 is 12.7 Å². The monoisotopic (exact) mass is 452 g/mol. The third kappa shape index (κ3) is 6.11. The molecular weight excluding hydrogens is 422 g/mol. The highest BCUT2D eigenvalue weighted by Crippen LogP contribution is 2.33. The van der Waals surface area contributed by atoms with Gasteiger partial charge in [0, 0.05) is 0 Å². The summed E-state index contributed by atoms with van der Waals surface area (Å²) in [4.78, 5) is 0. The molecule has 0 N–H and O–H groups in total. The molecule has 1 heterocycles. The van der Waals surface area contributed by atoms with Crippen molar-refractivity contribution in [1.82, 2.24) is 0 Å². The number of hydrogen-bond acceptors (Lipinski definition) is 3. The lowest BCUT2D eigenvalue weighted by atomic mass is 9.92. The molecule has 0 amide bonds. The lowest BCUT2D eigenvalue weighted by molar-refractivity contribution is -0.0194. The molecule has 2 unspecified atom stereocenters. The van der Waals surface area contributed by atoms with Crippen LogP contribution >= 0.6 is 0 Å². The molecule has 0 bridgehead atoms. The maximum Gasteiger partial charge on any atom is 0.228 e. The van der Waals surface area contributed by atoms with Gasteiger partial charge in [0.25, 0.3) is 0 Å². The van der Waals surface area contributed by atoms with Gasteiger partial charge in [-0.3, -0.25) is 0 Å². The van der Waals surface area contributed by atoms with Gasteiger partial charge in [-0.15, -0.1) is 0 Å². The smallest absolute Gasteiger partial charge is 0.228 e. The summed E-state index contributed by atoms with van der Waals surface area (Å²) in [6, 6.07) is 20.4. The van der Waals surface area contributed by atoms with Gasteiger partial charge in [0.05, 0.1) is 12.7 Å². The second-order valence-electron chi connectivity index (χ2n) is 8.51. The van der Waals surface area contributed by atoms with E-state index in [-0.39, 0.29) is 11.9 Å². The molecule has 33 heavy (non-hydrogen) atoms. The van der Waals surface area contributed by atoms with Crippen LogP contribution in [0.1, 0.15) is 49.8 Å². The maximum absolute atomic E-state index is 14.0. The number of rotatable bonds is 9. The Bertz CT molecular complexity index is 1010. The minimum atomic E-state index is -1.05. The molecule has 0 radical (unpaired) electrons. The van der Waals surface area contributed by atoms with Crippen LogP contribution in [0.15, 0.2) is 66.7 Å². The Kier molecular flexibility index (Phi) is 7.95. The summed E-state index contributed by atoms with van der Waals surface area (Å²) >= 11 is 0. The zero-order valence-corrected chi connectivity index (χ0v) is 18.9. The van der Waals surface area contributed by atoms with Crippen LogP contribution in [0, 0.1) is 11.7 Å². The largest absolute Gasteiger partial charge is 0.489 e. The molecule has 0 spiro atoms. The van der Waals surface area contributed by atoms with E-state index in [1.54, 1.807) is 6.07 Å². The van der Waals surface area contributed by atoms with Crippen molar-refractivity contribution in [3.8, 4) is 22.6 Å². The second kappa shape index (κ2) is 11.3. The van der Waals surface area contributed by atoms with Crippen LogP contribution in [0.2, 0.25) is 0 Å². The molecular formula is C28H30F2O3. The first-order valence-electron chi connectivity index (χ1n) is 11.6. The third-order valence-corrected chi connectivity index (χ3v) is 6.15. The van der Waals surface area contributed by atoms with Gasteiger partial charge in [-0.25, -0.2) is 8.78 Å². The summed E-state index contributed by atoms with van der Waals surface area (Å²) in [5.74, 6) is 0.843. The fourth-order valence-corrected chi connectivity index (χ4v) is 4.30. The van der Waals surface area contributed by atoms with E-state index in [0.29, 0.717) is 18.1 Å². The summed E-state index contributed by atoms with van der Waals surface area (Å²) in [6.07, 6.45) is 4.96. The normalized spacial score (nSPS) is 18.2. The Labute approximate surface area is 194 Å². The Balaban J connectivity index is 1.30. The SMILES string of the molecule is CCCC1CCC(c2ccc(OCc3ccc(-c4ccc(OCF)c(F)c4)cc3)cc2)OC1. The van der Waals surface area contributed by atoms with E-state index in [1.807, 2.05) is 36.4 Å². The standard InChI is InChI=1S/C28H30F2O3/c1-2-3-20-6-14-27(32-18-20)23-9-12-25(13-10-23)31-17-21-4-7-22(8-5-21)24-11-15-28(33-19-29)26(30)16-24/h4-5,7-13,15-16,20,27H,2-3,6,14,17-19H2,1H3. The van der Waals surface area contributed by atoms with Crippen molar-refractivity contribution < 1.29 is 23.0 Å². The van der Waals surface area contributed by atoms with Crippen LogP contribution < -0.4 is 9.47 Å². The lowest BCUT2D eigenvalue weighted by Crippen LogP contribution is -2.20. The van der Waals surface area contributed by atoms with E-state index in [4.69, 9.17) is 9.47 Å². The minimum absolute atomic E-state index is 0.0898. The zero-order chi connectivity index (χ0) is 23.0. The average Bonchev–Trinajstić information content (AvgIpc) is 2.85. The molecule has 3 nitrogen and oxygen atoms in total. The summed E-state index contributed by atoms with van der Waals surface area (Å²) in [7, 11) is 0. The first-order valence-corrected chi connectivity index (χ1v) is 11.6. The molecule has 0 aliphatic carbocycles. The minimum Gasteiger partial charge on any atom is -0.489 e. The fourth-order valence-electron chi connectivity index (χ4n) is 4.30. The number of benzene rings is 3. The van der Waals surface area contributed by atoms with E-state index in [2.05, 4.69) is 23.8 Å². The highest BCUT2D eigenvalue weighted by molar-refractivity contribution is 5.64. The second-order valence-corrected chi connectivity index (χ2v) is 8.51. The summed E-state index contributed by atoms with van der Waals surface area (Å²) in [5, 5.41) is 0. The lowest BCUT2D eigenvalue weighted by Gasteiger charge is -2.29. The van der Waals surface area contributed by atoms with E-state index in [0.717, 1.165) is 29.9 Å². The number of alkyl halides is 1. The predicted octanol–water partition coefficient (Wildman–Crippen LogP) is 7.65. The van der Waals surface area contributed by atoms with Gasteiger partial charge in [0.15, 0.2) is 11.6 Å². The number of ether oxygens (including phenoxy) is 3. The van der Waals surface area contributed by atoms with Crippen molar-refractivity contribution in [2.75, 3.05) is 13.5 Å². The molecule has 2 atom stereocenters. The molecule has 4 rings (SSSR count). The maximum atomic E-state index is 14.0. The van der Waals surface area contributed by atoms with Gasteiger partial charge in [-0.2, -0.15) is 0 Å². The van der Waals surface area contributed by atoms with Crippen LogP contribution in [0.25, 0.3) is 11.1 Å². The average molecular weight is 453 g/mol. The fraction of sp³-hybridized carbons (Fsp3) is 0.357. The molecule has 1 aliphatic rings. The Hall–Kier alpha value is -2.92. The highest BCUT2D eigenvalue weighted by Gasteiger charge is 2.22. The van der Waals surface area contributed by atoms with Crippen molar-refractivity contribution in [3.63, 3.8) is 0 Å². The van der Waals surface area contributed by atoms with Crippen LogP contribution in [0.4, 0.5) is 8.78 Å². The molecule has 3 aromatic carbocycles. The van der Waals surface area contributed by atoms with Gasteiger partial charge in [-0.1, -0.05) is 55.8 Å². The first kappa shape index (κ1) is 23.2. The van der Waals surface area contributed by atoms with Gasteiger partial charge >= 0.3 is 0 Å². The van der Waals surface area contributed by atoms with Gasteiger partial charge in [0.2, 0.25) is 6.86 Å². The first-order chi connectivity index (χ1) is 16.2. The third-order valence-electron chi connectivity index (χ3n) is 6.15. The summed E-state index contributed by atoms with van der Waals surface area (Å²) < 4.78 is 42.9. The van der Waals surface area contributed by atoms with Gasteiger partial charge in [-0.05, 0) is 71.7 Å². The molecule has 0 saturated carbocycles. The predicted molar refractivity (Wildman–Crippen MR) is 126 cm³/mol. The summed E-state index contributed by atoms with van der Waals surface area (Å²) in [5.41, 5.74) is 3.78. The van der Waals surface area contributed by atoms with Crippen LogP contribution in [-0.4, -0.2) is 13.5 Å². The van der Waals surface area contributed by atoms with Crippen molar-refractivity contribution >= 4 is 0 Å². The molecule has 174 valence electrons. The number of hydrogen-bond donors (Lipinski definition) is 0. The Morgan fingerprint density at radius 3 is 2.30 bits per heavy atom. The van der Waals surface area contributed by atoms with E-state index >= 15 is 0 Å². The quantitative estimate of drug-likeness (QED) is 0.334. The van der Waals surface area contributed by atoms with Crippen molar-refractivity contribution in [3.05, 3.63) is 83.7 Å². The molecule has 5 heteroatoms. The highest BCUT2D eigenvalue weighted by atomic mass is 19.1. The summed E-state index contributed by atoms with van der Waals surface area (Å²) in [6.45, 7) is 2.47.